The van der Waals surface area contributed by atoms with E-state index in [0.717, 1.165) is 61.9 Å². The number of aryl methyl sites for hydroxylation is 1. The average molecular weight is 530 g/mol. The molecule has 0 atom stereocenters. The molecule has 1 aliphatic heterocycles. The van der Waals surface area contributed by atoms with Crippen molar-refractivity contribution >= 4 is 28.5 Å². The van der Waals surface area contributed by atoms with Gasteiger partial charge in [0.2, 0.25) is 0 Å². The van der Waals surface area contributed by atoms with Gasteiger partial charge in [0.1, 0.15) is 0 Å². The number of aromatic nitrogens is 3. The van der Waals surface area contributed by atoms with Crippen LogP contribution in [0.1, 0.15) is 52.9 Å². The zero-order valence-corrected chi connectivity index (χ0v) is 22.3. The van der Waals surface area contributed by atoms with Gasteiger partial charge in [-0.3, -0.25) is 18.9 Å². The highest BCUT2D eigenvalue weighted by Crippen LogP contribution is 2.28. The summed E-state index contributed by atoms with van der Waals surface area (Å²) in [5, 5.41) is 7.04. The van der Waals surface area contributed by atoms with E-state index in [2.05, 4.69) is 33.8 Å². The number of halogens is 1. The van der Waals surface area contributed by atoms with E-state index < -0.39 is 0 Å². The van der Waals surface area contributed by atoms with Gasteiger partial charge in [0.05, 0.1) is 33.0 Å². The molecule has 7 nitrogen and oxygen atoms in total. The fourth-order valence-electron chi connectivity index (χ4n) is 5.99. The second kappa shape index (κ2) is 10.4. The summed E-state index contributed by atoms with van der Waals surface area (Å²) in [5.74, 6) is 0.255. The topological polar surface area (TPSA) is 81.0 Å². The number of amides is 1. The van der Waals surface area contributed by atoms with Gasteiger partial charge in [0.15, 0.2) is 0 Å². The minimum Gasteiger partial charge on any atom is -0.349 e. The quantitative estimate of drug-likeness (QED) is 0.390. The molecule has 4 aromatic rings. The number of rotatable bonds is 5. The molecule has 1 amide bonds. The monoisotopic (exact) mass is 529 g/mol. The molecule has 8 heteroatoms. The number of hydrogen-bond acceptors (Lipinski definition) is 4. The smallest absolute Gasteiger partial charge is 0.333 e. The van der Waals surface area contributed by atoms with Gasteiger partial charge in [0, 0.05) is 25.3 Å². The van der Waals surface area contributed by atoms with E-state index in [1.54, 1.807) is 12.3 Å². The number of hydrogen-bond donors (Lipinski definition) is 2. The van der Waals surface area contributed by atoms with E-state index in [0.29, 0.717) is 28.7 Å². The van der Waals surface area contributed by atoms with Crippen molar-refractivity contribution in [3.63, 3.8) is 0 Å². The Morgan fingerprint density at radius 1 is 1.08 bits per heavy atom. The van der Waals surface area contributed by atoms with Crippen LogP contribution in [0.2, 0.25) is 5.02 Å². The largest absolute Gasteiger partial charge is 0.349 e. The van der Waals surface area contributed by atoms with Gasteiger partial charge in [-0.05, 0) is 92.9 Å². The summed E-state index contributed by atoms with van der Waals surface area (Å²) >= 11 is 6.05. The predicted molar refractivity (Wildman–Crippen MR) is 150 cm³/mol. The zero-order valence-electron chi connectivity index (χ0n) is 21.5. The molecular weight excluding hydrogens is 498 g/mol. The van der Waals surface area contributed by atoms with E-state index in [1.807, 2.05) is 40.3 Å². The molecule has 0 saturated heterocycles. The Hall–Kier alpha value is -3.42. The number of benzene rings is 2. The molecule has 2 N–H and O–H groups in total. The molecule has 0 bridgehead atoms. The highest BCUT2D eigenvalue weighted by atomic mass is 35.5. The normalized spacial score (nSPS) is 19.3. The summed E-state index contributed by atoms with van der Waals surface area (Å²) in [4.78, 5) is 30.8. The molecule has 38 heavy (non-hydrogen) atoms. The molecule has 1 aliphatic carbocycles. The van der Waals surface area contributed by atoms with Gasteiger partial charge in [-0.15, -0.1) is 0 Å². The lowest BCUT2D eigenvalue weighted by Gasteiger charge is -2.29. The highest BCUT2D eigenvalue weighted by Gasteiger charge is 2.26. The molecule has 196 valence electrons. The van der Waals surface area contributed by atoms with Gasteiger partial charge < -0.3 is 10.6 Å². The first-order chi connectivity index (χ1) is 18.5. The van der Waals surface area contributed by atoms with Crippen LogP contribution in [0.4, 0.5) is 0 Å². The molecule has 2 aromatic heterocycles. The van der Waals surface area contributed by atoms with Crippen molar-refractivity contribution in [2.75, 3.05) is 6.54 Å². The fourth-order valence-corrected chi connectivity index (χ4v) is 6.14. The van der Waals surface area contributed by atoms with Crippen molar-refractivity contribution < 1.29 is 4.79 Å². The number of carbonyl (C=O) groups is 1. The first kappa shape index (κ1) is 24.9. The summed E-state index contributed by atoms with van der Waals surface area (Å²) in [7, 11) is 0. The van der Waals surface area contributed by atoms with Gasteiger partial charge in [-0.2, -0.15) is 0 Å². The average Bonchev–Trinajstić information content (AvgIpc) is 3.21. The molecule has 0 radical (unpaired) electrons. The van der Waals surface area contributed by atoms with Crippen LogP contribution >= 0.6 is 11.6 Å². The van der Waals surface area contributed by atoms with Crippen molar-refractivity contribution in [2.24, 2.45) is 5.92 Å². The third-order valence-corrected chi connectivity index (χ3v) is 8.30. The lowest BCUT2D eigenvalue weighted by molar-refractivity contribution is 0.0919. The Labute approximate surface area is 226 Å². The number of pyridine rings is 1. The Morgan fingerprint density at radius 2 is 1.87 bits per heavy atom. The SMILES string of the molecule is Cc1ncc(Cl)cc1C(=O)NC1CCC(Cn2c(=O)n(-c3ccc4c(c3)CCNC4)c3ccccc32)CC1. The van der Waals surface area contributed by atoms with Crippen molar-refractivity contribution in [3.8, 4) is 5.69 Å². The van der Waals surface area contributed by atoms with Crippen LogP contribution in [0.3, 0.4) is 0 Å². The predicted octanol–water partition coefficient (Wildman–Crippen LogP) is 4.78. The minimum atomic E-state index is -0.124. The minimum absolute atomic E-state index is 0.0134. The number of nitrogens with zero attached hydrogens (tertiary/aromatic N) is 3. The molecule has 0 spiro atoms. The lowest BCUT2D eigenvalue weighted by Crippen LogP contribution is -2.39. The summed E-state index contributed by atoms with van der Waals surface area (Å²) in [6.07, 6.45) is 6.21. The third kappa shape index (κ3) is 4.76. The lowest BCUT2D eigenvalue weighted by atomic mass is 9.85. The number of fused-ring (bicyclic) bond motifs is 2. The van der Waals surface area contributed by atoms with Crippen LogP contribution < -0.4 is 16.3 Å². The van der Waals surface area contributed by atoms with Crippen LogP contribution in [0.15, 0.2) is 59.5 Å². The number of nitrogens with one attached hydrogen (secondary N) is 2. The van der Waals surface area contributed by atoms with E-state index in [-0.39, 0.29) is 17.6 Å². The van der Waals surface area contributed by atoms with Crippen molar-refractivity contribution in [3.05, 3.63) is 92.6 Å². The Morgan fingerprint density at radius 3 is 2.68 bits per heavy atom. The molecule has 0 unspecified atom stereocenters. The number of imidazole rings is 1. The van der Waals surface area contributed by atoms with Crippen molar-refractivity contribution in [1.82, 2.24) is 24.8 Å². The third-order valence-electron chi connectivity index (χ3n) is 8.09. The van der Waals surface area contributed by atoms with Crippen LogP contribution in [-0.2, 0) is 19.5 Å². The van der Waals surface area contributed by atoms with E-state index >= 15 is 0 Å². The maximum atomic E-state index is 13.8. The van der Waals surface area contributed by atoms with Gasteiger partial charge in [-0.1, -0.05) is 29.8 Å². The van der Waals surface area contributed by atoms with E-state index in [1.165, 1.54) is 11.1 Å². The standard InChI is InChI=1S/C30H32ClN5O2/c1-19-26(15-23(31)17-33-19)29(37)34-24-9-6-20(7-10-24)18-35-27-4-2-3-5-28(27)36(30(35)38)25-11-8-22-16-32-13-12-21(22)14-25/h2-5,8,11,14-15,17,20,24,32H,6-7,9-10,12-13,16,18H2,1H3,(H,34,37). The van der Waals surface area contributed by atoms with Crippen molar-refractivity contribution in [2.45, 2.75) is 58.2 Å². The van der Waals surface area contributed by atoms with Crippen LogP contribution in [0, 0.1) is 12.8 Å². The molecule has 2 aliphatic rings. The van der Waals surface area contributed by atoms with Gasteiger partial charge in [-0.25, -0.2) is 4.79 Å². The van der Waals surface area contributed by atoms with Gasteiger partial charge >= 0.3 is 5.69 Å². The maximum Gasteiger partial charge on any atom is 0.333 e. The Bertz CT molecular complexity index is 1560. The highest BCUT2D eigenvalue weighted by molar-refractivity contribution is 6.30. The number of para-hydroxylation sites is 2. The number of carbonyl (C=O) groups excluding carboxylic acids is 1. The molecule has 2 aromatic carbocycles. The molecule has 1 fully saturated rings. The molecule has 6 rings (SSSR count). The Balaban J connectivity index is 1.19. The molecule has 3 heterocycles. The summed E-state index contributed by atoms with van der Waals surface area (Å²) in [5.41, 5.74) is 6.68. The summed E-state index contributed by atoms with van der Waals surface area (Å²) in [6, 6.07) is 16.2. The first-order valence-corrected chi connectivity index (χ1v) is 13.8. The first-order valence-electron chi connectivity index (χ1n) is 13.4. The fraction of sp³-hybridized carbons (Fsp3) is 0.367. The van der Waals surface area contributed by atoms with Crippen LogP contribution in [0.5, 0.6) is 0 Å². The van der Waals surface area contributed by atoms with Gasteiger partial charge in [0.25, 0.3) is 5.91 Å². The molecular formula is C30H32ClN5O2. The molecule has 1 saturated carbocycles. The van der Waals surface area contributed by atoms with Crippen LogP contribution in [0.25, 0.3) is 16.7 Å². The second-order valence-corrected chi connectivity index (χ2v) is 11.0. The zero-order chi connectivity index (χ0) is 26.2. The van der Waals surface area contributed by atoms with Crippen molar-refractivity contribution in [1.29, 1.82) is 0 Å². The second-order valence-electron chi connectivity index (χ2n) is 10.6. The Kier molecular flexibility index (Phi) is 6.80. The maximum absolute atomic E-state index is 13.8. The summed E-state index contributed by atoms with van der Waals surface area (Å²) in [6.45, 7) is 4.34. The van der Waals surface area contributed by atoms with E-state index in [4.69, 9.17) is 11.6 Å². The van der Waals surface area contributed by atoms with Crippen LogP contribution in [-0.4, -0.2) is 32.6 Å². The summed E-state index contributed by atoms with van der Waals surface area (Å²) < 4.78 is 3.81. The van der Waals surface area contributed by atoms with E-state index in [9.17, 15) is 9.59 Å².